The lowest BCUT2D eigenvalue weighted by molar-refractivity contribution is -0.113. The number of nitrogens with zero attached hydrogens (tertiary/aromatic N) is 1. The van der Waals surface area contributed by atoms with Crippen LogP contribution in [0.1, 0.15) is 6.92 Å². The Balaban J connectivity index is 2.73. The maximum Gasteiger partial charge on any atom is 0.274 e. The highest BCUT2D eigenvalue weighted by Gasteiger charge is 2.08. The monoisotopic (exact) mass is 206 g/mol. The van der Waals surface area contributed by atoms with Gasteiger partial charge < -0.3 is 16.4 Å². The molecular formula is C10H14N4O. The second-order valence-corrected chi connectivity index (χ2v) is 2.96. The Morgan fingerprint density at radius 3 is 2.73 bits per heavy atom. The van der Waals surface area contributed by atoms with E-state index in [1.807, 2.05) is 0 Å². The van der Waals surface area contributed by atoms with Crippen molar-refractivity contribution in [3.8, 4) is 0 Å². The zero-order valence-electron chi connectivity index (χ0n) is 8.74. The molecule has 0 fully saturated rings. The van der Waals surface area contributed by atoms with Crippen molar-refractivity contribution in [3.05, 3.63) is 35.8 Å². The van der Waals surface area contributed by atoms with E-state index in [4.69, 9.17) is 5.73 Å². The summed E-state index contributed by atoms with van der Waals surface area (Å²) in [6.07, 6.45) is 1.60. The van der Waals surface area contributed by atoms with Gasteiger partial charge in [0, 0.05) is 18.9 Å². The molecular weight excluding hydrogens is 192 g/mol. The molecule has 5 nitrogen and oxygen atoms in total. The number of amides is 1. The molecule has 0 atom stereocenters. The first-order chi connectivity index (χ1) is 7.15. The summed E-state index contributed by atoms with van der Waals surface area (Å²) in [6.45, 7) is 1.73. The highest BCUT2D eigenvalue weighted by molar-refractivity contribution is 6.02. The summed E-state index contributed by atoms with van der Waals surface area (Å²) in [5.41, 5.74) is 6.38. The molecule has 0 bridgehead atoms. The second kappa shape index (κ2) is 4.99. The van der Waals surface area contributed by atoms with Crippen molar-refractivity contribution in [2.45, 2.75) is 6.92 Å². The van der Waals surface area contributed by atoms with Gasteiger partial charge in [-0.3, -0.25) is 4.79 Å². The summed E-state index contributed by atoms with van der Waals surface area (Å²) >= 11 is 0. The summed E-state index contributed by atoms with van der Waals surface area (Å²) in [4.78, 5) is 15.5. The quantitative estimate of drug-likeness (QED) is 0.626. The number of pyridine rings is 1. The van der Waals surface area contributed by atoms with Gasteiger partial charge >= 0.3 is 0 Å². The van der Waals surface area contributed by atoms with Crippen molar-refractivity contribution in [2.24, 2.45) is 5.73 Å². The fourth-order valence-electron chi connectivity index (χ4n) is 0.925. The van der Waals surface area contributed by atoms with Crippen LogP contribution >= 0.6 is 0 Å². The average Bonchev–Trinajstić information content (AvgIpc) is 2.28. The van der Waals surface area contributed by atoms with E-state index in [-0.39, 0.29) is 11.6 Å². The molecule has 1 aromatic rings. The highest BCUT2D eigenvalue weighted by atomic mass is 16.2. The van der Waals surface area contributed by atoms with Gasteiger partial charge in [-0.1, -0.05) is 6.07 Å². The van der Waals surface area contributed by atoms with Crippen LogP contribution in [0.15, 0.2) is 35.8 Å². The van der Waals surface area contributed by atoms with Crippen LogP contribution in [0, 0.1) is 0 Å². The lowest BCUT2D eigenvalue weighted by Crippen LogP contribution is -2.25. The fraction of sp³-hybridized carbons (Fsp3) is 0.200. The van der Waals surface area contributed by atoms with E-state index in [9.17, 15) is 4.79 Å². The first-order valence-corrected chi connectivity index (χ1v) is 4.51. The number of hydrogen-bond acceptors (Lipinski definition) is 4. The molecule has 0 aromatic carbocycles. The molecule has 0 unspecified atom stereocenters. The lowest BCUT2D eigenvalue weighted by Gasteiger charge is -2.07. The standard InChI is InChI=1S/C10H14N4O/c1-7(12-2)9(11)10(15)14-8-5-3-4-6-13-8/h3-6,12H,11H2,1-2H3,(H,13,14,15)/b9-7+. The third-order valence-corrected chi connectivity index (χ3v) is 1.93. The molecule has 1 amide bonds. The Bertz CT molecular complexity index is 372. The number of allylic oxidation sites excluding steroid dienone is 1. The van der Waals surface area contributed by atoms with Gasteiger partial charge in [-0.2, -0.15) is 0 Å². The van der Waals surface area contributed by atoms with Gasteiger partial charge in [0.1, 0.15) is 11.5 Å². The fourth-order valence-corrected chi connectivity index (χ4v) is 0.925. The van der Waals surface area contributed by atoms with Gasteiger partial charge in [-0.25, -0.2) is 4.98 Å². The van der Waals surface area contributed by atoms with E-state index in [2.05, 4.69) is 15.6 Å². The van der Waals surface area contributed by atoms with Crippen LogP contribution in [0.5, 0.6) is 0 Å². The molecule has 5 heteroatoms. The van der Waals surface area contributed by atoms with E-state index < -0.39 is 0 Å². The molecule has 0 saturated heterocycles. The summed E-state index contributed by atoms with van der Waals surface area (Å²) in [7, 11) is 1.70. The largest absolute Gasteiger partial charge is 0.393 e. The summed E-state index contributed by atoms with van der Waals surface area (Å²) in [6, 6.07) is 5.25. The van der Waals surface area contributed by atoms with Crippen LogP contribution in [0.25, 0.3) is 0 Å². The normalized spacial score (nSPS) is 11.6. The van der Waals surface area contributed by atoms with Crippen molar-refractivity contribution in [3.63, 3.8) is 0 Å². The zero-order chi connectivity index (χ0) is 11.3. The molecule has 15 heavy (non-hydrogen) atoms. The van der Waals surface area contributed by atoms with Crippen molar-refractivity contribution in [2.75, 3.05) is 12.4 Å². The Kier molecular flexibility index (Phi) is 3.68. The maximum atomic E-state index is 11.5. The molecule has 0 aliphatic carbocycles. The van der Waals surface area contributed by atoms with E-state index in [0.29, 0.717) is 11.5 Å². The molecule has 0 radical (unpaired) electrons. The molecule has 1 heterocycles. The molecule has 0 saturated carbocycles. The van der Waals surface area contributed by atoms with Crippen LogP contribution in [-0.4, -0.2) is 17.9 Å². The highest BCUT2D eigenvalue weighted by Crippen LogP contribution is 2.02. The van der Waals surface area contributed by atoms with Crippen molar-refractivity contribution in [1.82, 2.24) is 10.3 Å². The van der Waals surface area contributed by atoms with Crippen LogP contribution in [0.4, 0.5) is 5.82 Å². The van der Waals surface area contributed by atoms with Crippen molar-refractivity contribution in [1.29, 1.82) is 0 Å². The molecule has 1 rings (SSSR count). The summed E-state index contributed by atoms with van der Waals surface area (Å²) in [5, 5.41) is 5.39. The lowest BCUT2D eigenvalue weighted by atomic mass is 10.3. The van der Waals surface area contributed by atoms with Crippen LogP contribution in [0.2, 0.25) is 0 Å². The number of carbonyl (C=O) groups excluding carboxylic acids is 1. The van der Waals surface area contributed by atoms with Crippen LogP contribution in [0.3, 0.4) is 0 Å². The van der Waals surface area contributed by atoms with Crippen molar-refractivity contribution >= 4 is 11.7 Å². The minimum Gasteiger partial charge on any atom is -0.393 e. The predicted molar refractivity (Wildman–Crippen MR) is 58.8 cm³/mol. The zero-order valence-corrected chi connectivity index (χ0v) is 8.74. The third kappa shape index (κ3) is 2.98. The average molecular weight is 206 g/mol. The number of anilines is 1. The van der Waals surface area contributed by atoms with E-state index >= 15 is 0 Å². The number of aromatic nitrogens is 1. The first kappa shape index (κ1) is 11.0. The second-order valence-electron chi connectivity index (χ2n) is 2.96. The maximum absolute atomic E-state index is 11.5. The third-order valence-electron chi connectivity index (χ3n) is 1.93. The Morgan fingerprint density at radius 1 is 1.47 bits per heavy atom. The van der Waals surface area contributed by atoms with Gasteiger partial charge in [0.15, 0.2) is 0 Å². The minimum atomic E-state index is -0.361. The molecule has 1 aromatic heterocycles. The van der Waals surface area contributed by atoms with Gasteiger partial charge in [0.2, 0.25) is 0 Å². The number of rotatable bonds is 3. The molecule has 0 spiro atoms. The molecule has 4 N–H and O–H groups in total. The summed E-state index contributed by atoms with van der Waals surface area (Å²) in [5.74, 6) is 0.120. The van der Waals surface area contributed by atoms with E-state index in [1.54, 1.807) is 38.4 Å². The molecule has 80 valence electrons. The topological polar surface area (TPSA) is 80.0 Å². The minimum absolute atomic E-state index is 0.156. The molecule has 0 aliphatic heterocycles. The van der Waals surface area contributed by atoms with Crippen molar-refractivity contribution < 1.29 is 4.79 Å². The molecule has 0 aliphatic rings. The van der Waals surface area contributed by atoms with Gasteiger partial charge in [0.05, 0.1) is 0 Å². The number of nitrogens with one attached hydrogen (secondary N) is 2. The van der Waals surface area contributed by atoms with Crippen LogP contribution in [-0.2, 0) is 4.79 Å². The Hall–Kier alpha value is -2.04. The van der Waals surface area contributed by atoms with Gasteiger partial charge in [-0.05, 0) is 19.1 Å². The predicted octanol–water partition coefficient (Wildman–Crippen LogP) is 0.430. The number of nitrogens with two attached hydrogens (primary N) is 1. The first-order valence-electron chi connectivity index (χ1n) is 4.51. The van der Waals surface area contributed by atoms with E-state index in [0.717, 1.165) is 0 Å². The number of carbonyl (C=O) groups is 1. The SMILES string of the molecule is CN/C(C)=C(/N)C(=O)Nc1ccccn1. The Morgan fingerprint density at radius 2 is 2.20 bits per heavy atom. The van der Waals surface area contributed by atoms with Gasteiger partial charge in [-0.15, -0.1) is 0 Å². The Labute approximate surface area is 88.4 Å². The summed E-state index contributed by atoms with van der Waals surface area (Å²) < 4.78 is 0. The van der Waals surface area contributed by atoms with E-state index in [1.165, 1.54) is 0 Å². The van der Waals surface area contributed by atoms with Crippen LogP contribution < -0.4 is 16.4 Å². The van der Waals surface area contributed by atoms with Gasteiger partial charge in [0.25, 0.3) is 5.91 Å². The smallest absolute Gasteiger partial charge is 0.274 e. The number of hydrogen-bond donors (Lipinski definition) is 3.